The van der Waals surface area contributed by atoms with Crippen molar-refractivity contribution in [2.45, 2.75) is 12.8 Å². The Labute approximate surface area is 144 Å². The first kappa shape index (κ1) is 15.1. The quantitative estimate of drug-likeness (QED) is 0.793. The summed E-state index contributed by atoms with van der Waals surface area (Å²) in [5, 5.41) is 15.4. The van der Waals surface area contributed by atoms with E-state index >= 15 is 0 Å². The SMILES string of the molecule is O=C(Nc1cnnc2ccccc12)C1CCN(c2cccs2)CC1. The molecular weight excluding hydrogens is 320 g/mol. The third kappa shape index (κ3) is 2.97. The minimum Gasteiger partial charge on any atom is -0.363 e. The van der Waals surface area contributed by atoms with Gasteiger partial charge in [-0.05, 0) is 36.4 Å². The lowest BCUT2D eigenvalue weighted by atomic mass is 9.96. The lowest BCUT2D eigenvalue weighted by molar-refractivity contribution is -0.120. The number of carbonyl (C=O) groups excluding carboxylic acids is 1. The molecule has 122 valence electrons. The van der Waals surface area contributed by atoms with Gasteiger partial charge in [0.1, 0.15) is 0 Å². The Morgan fingerprint density at radius 2 is 2.00 bits per heavy atom. The van der Waals surface area contributed by atoms with Crippen LogP contribution >= 0.6 is 11.3 Å². The minimum atomic E-state index is 0.0492. The predicted octanol–water partition coefficient (Wildman–Crippen LogP) is 3.55. The Morgan fingerprint density at radius 1 is 1.17 bits per heavy atom. The van der Waals surface area contributed by atoms with E-state index in [0.29, 0.717) is 0 Å². The number of nitrogens with zero attached hydrogens (tertiary/aromatic N) is 3. The van der Waals surface area contributed by atoms with Crippen LogP contribution in [0.15, 0.2) is 48.0 Å². The van der Waals surface area contributed by atoms with Crippen LogP contribution in [0.1, 0.15) is 12.8 Å². The average Bonchev–Trinajstić information content (AvgIpc) is 3.17. The summed E-state index contributed by atoms with van der Waals surface area (Å²) in [6, 6.07) is 11.9. The number of nitrogens with one attached hydrogen (secondary N) is 1. The highest BCUT2D eigenvalue weighted by Crippen LogP contribution is 2.28. The molecular formula is C18H18N4OS. The second-order valence-electron chi connectivity index (χ2n) is 5.98. The van der Waals surface area contributed by atoms with Gasteiger partial charge in [-0.25, -0.2) is 0 Å². The van der Waals surface area contributed by atoms with E-state index in [1.165, 1.54) is 5.00 Å². The molecule has 1 N–H and O–H groups in total. The maximum Gasteiger partial charge on any atom is 0.227 e. The van der Waals surface area contributed by atoms with Gasteiger partial charge < -0.3 is 10.2 Å². The van der Waals surface area contributed by atoms with Gasteiger partial charge in [-0.15, -0.1) is 11.3 Å². The van der Waals surface area contributed by atoms with Gasteiger partial charge >= 0.3 is 0 Å². The molecule has 3 heterocycles. The zero-order valence-corrected chi connectivity index (χ0v) is 14.0. The van der Waals surface area contributed by atoms with Crippen LogP contribution < -0.4 is 10.2 Å². The number of benzene rings is 1. The molecule has 0 saturated carbocycles. The van der Waals surface area contributed by atoms with Gasteiger partial charge in [0.05, 0.1) is 22.4 Å². The highest BCUT2D eigenvalue weighted by molar-refractivity contribution is 7.14. The van der Waals surface area contributed by atoms with Crippen molar-refractivity contribution < 1.29 is 4.79 Å². The highest BCUT2D eigenvalue weighted by Gasteiger charge is 2.25. The summed E-state index contributed by atoms with van der Waals surface area (Å²) in [6.45, 7) is 1.85. The first-order valence-corrected chi connectivity index (χ1v) is 8.99. The van der Waals surface area contributed by atoms with Gasteiger partial charge in [0.25, 0.3) is 0 Å². The summed E-state index contributed by atoms with van der Waals surface area (Å²) in [5.41, 5.74) is 1.54. The van der Waals surface area contributed by atoms with Crippen molar-refractivity contribution in [2.75, 3.05) is 23.3 Å². The maximum absolute atomic E-state index is 12.6. The fourth-order valence-corrected chi connectivity index (χ4v) is 3.94. The maximum atomic E-state index is 12.6. The number of thiophene rings is 1. The fraction of sp³-hybridized carbons (Fsp3) is 0.278. The van der Waals surface area contributed by atoms with Crippen molar-refractivity contribution in [1.82, 2.24) is 10.2 Å². The normalized spacial score (nSPS) is 15.6. The fourth-order valence-electron chi connectivity index (χ4n) is 3.15. The molecule has 0 bridgehead atoms. The standard InChI is InChI=1S/C18H18N4OS/c23-18(13-7-9-22(10-8-13)17-6-3-11-24-17)20-16-12-19-21-15-5-2-1-4-14(15)16/h1-6,11-13H,7-10H2,(H,20,21,23). The number of amides is 1. The first-order valence-electron chi connectivity index (χ1n) is 8.11. The zero-order chi connectivity index (χ0) is 16.4. The van der Waals surface area contributed by atoms with Crippen molar-refractivity contribution in [2.24, 2.45) is 5.92 Å². The summed E-state index contributed by atoms with van der Waals surface area (Å²) in [4.78, 5) is 15.0. The Hall–Kier alpha value is -2.47. The van der Waals surface area contributed by atoms with E-state index < -0.39 is 0 Å². The number of piperidine rings is 1. The number of hydrogen-bond acceptors (Lipinski definition) is 5. The number of carbonyl (C=O) groups is 1. The number of fused-ring (bicyclic) bond motifs is 1. The Balaban J connectivity index is 1.43. The monoisotopic (exact) mass is 338 g/mol. The van der Waals surface area contributed by atoms with E-state index in [2.05, 4.69) is 37.9 Å². The lowest BCUT2D eigenvalue weighted by Gasteiger charge is -2.31. The van der Waals surface area contributed by atoms with Gasteiger partial charge in [-0.3, -0.25) is 4.79 Å². The molecule has 1 fully saturated rings. The zero-order valence-electron chi connectivity index (χ0n) is 13.2. The summed E-state index contributed by atoms with van der Waals surface area (Å²) in [7, 11) is 0. The van der Waals surface area contributed by atoms with Crippen molar-refractivity contribution in [3.05, 3.63) is 48.0 Å². The molecule has 2 aromatic heterocycles. The molecule has 0 radical (unpaired) electrons. The molecule has 3 aromatic rings. The van der Waals surface area contributed by atoms with Gasteiger partial charge in [-0.2, -0.15) is 10.2 Å². The average molecular weight is 338 g/mol. The molecule has 1 amide bonds. The van der Waals surface area contributed by atoms with Crippen LogP contribution in [0.3, 0.4) is 0 Å². The summed E-state index contributed by atoms with van der Waals surface area (Å²) in [6.07, 6.45) is 3.38. The van der Waals surface area contributed by atoms with E-state index in [9.17, 15) is 4.79 Å². The van der Waals surface area contributed by atoms with Crippen LogP contribution in [0.4, 0.5) is 10.7 Å². The van der Waals surface area contributed by atoms with E-state index in [-0.39, 0.29) is 11.8 Å². The smallest absolute Gasteiger partial charge is 0.227 e. The second-order valence-corrected chi connectivity index (χ2v) is 6.90. The van der Waals surface area contributed by atoms with Gasteiger partial charge in [0.2, 0.25) is 5.91 Å². The van der Waals surface area contributed by atoms with E-state index in [0.717, 1.165) is 42.5 Å². The molecule has 0 unspecified atom stereocenters. The second kappa shape index (κ2) is 6.57. The van der Waals surface area contributed by atoms with Crippen LogP contribution in [0.25, 0.3) is 10.9 Å². The largest absolute Gasteiger partial charge is 0.363 e. The van der Waals surface area contributed by atoms with Crippen molar-refractivity contribution in [3.8, 4) is 0 Å². The topological polar surface area (TPSA) is 58.1 Å². The molecule has 24 heavy (non-hydrogen) atoms. The van der Waals surface area contributed by atoms with Gasteiger partial charge in [0.15, 0.2) is 0 Å². The Bertz CT molecular complexity index is 836. The molecule has 0 atom stereocenters. The minimum absolute atomic E-state index is 0.0492. The van der Waals surface area contributed by atoms with E-state index in [4.69, 9.17) is 0 Å². The summed E-state index contributed by atoms with van der Waals surface area (Å²) >= 11 is 1.75. The van der Waals surface area contributed by atoms with Crippen molar-refractivity contribution >= 4 is 38.8 Å². The van der Waals surface area contributed by atoms with Crippen LogP contribution in [0, 0.1) is 5.92 Å². The van der Waals surface area contributed by atoms with Crippen molar-refractivity contribution in [1.29, 1.82) is 0 Å². The number of hydrogen-bond donors (Lipinski definition) is 1. The number of aromatic nitrogens is 2. The molecule has 6 heteroatoms. The lowest BCUT2D eigenvalue weighted by Crippen LogP contribution is -2.37. The molecule has 1 aromatic carbocycles. The molecule has 1 aliphatic rings. The van der Waals surface area contributed by atoms with E-state index in [1.54, 1.807) is 17.5 Å². The predicted molar refractivity (Wildman–Crippen MR) is 97.4 cm³/mol. The third-order valence-electron chi connectivity index (χ3n) is 4.49. The third-order valence-corrected chi connectivity index (χ3v) is 5.42. The van der Waals surface area contributed by atoms with Crippen molar-refractivity contribution in [3.63, 3.8) is 0 Å². The van der Waals surface area contributed by atoms with Crippen LogP contribution in [-0.2, 0) is 4.79 Å². The molecule has 1 aliphatic heterocycles. The number of rotatable bonds is 3. The molecule has 4 rings (SSSR count). The Morgan fingerprint density at radius 3 is 2.79 bits per heavy atom. The molecule has 5 nitrogen and oxygen atoms in total. The highest BCUT2D eigenvalue weighted by atomic mass is 32.1. The van der Waals surface area contributed by atoms with Crippen LogP contribution in [0.5, 0.6) is 0 Å². The summed E-state index contributed by atoms with van der Waals surface area (Å²) < 4.78 is 0. The van der Waals surface area contributed by atoms with Crippen LogP contribution in [0.2, 0.25) is 0 Å². The first-order chi connectivity index (χ1) is 11.8. The Kier molecular flexibility index (Phi) is 4.13. The van der Waals surface area contributed by atoms with Crippen LogP contribution in [-0.4, -0.2) is 29.2 Å². The molecule has 0 spiro atoms. The van der Waals surface area contributed by atoms with Gasteiger partial charge in [0, 0.05) is 24.4 Å². The summed E-state index contributed by atoms with van der Waals surface area (Å²) in [5.74, 6) is 0.132. The molecule has 0 aliphatic carbocycles. The molecule has 1 saturated heterocycles. The van der Waals surface area contributed by atoms with E-state index in [1.807, 2.05) is 24.3 Å². The number of anilines is 2. The van der Waals surface area contributed by atoms with Gasteiger partial charge in [-0.1, -0.05) is 18.2 Å².